The molecule has 1 aromatic carbocycles. The molecule has 0 saturated heterocycles. The number of benzene rings is 1. The van der Waals surface area contributed by atoms with E-state index in [2.05, 4.69) is 20.1 Å². The SMILES string of the molecule is Cc1cc(-c2c(-c3ccccc3)nc(N)n3c(=O)n(Cc4ncc(F)cc4Cl)nc23)cc(C)n1. The fourth-order valence-electron chi connectivity index (χ4n) is 3.96. The lowest BCUT2D eigenvalue weighted by atomic mass is 9.99. The Morgan fingerprint density at radius 2 is 1.74 bits per heavy atom. The van der Waals surface area contributed by atoms with E-state index in [1.54, 1.807) is 0 Å². The third kappa shape index (κ3) is 3.80. The smallest absolute Gasteiger partial charge is 0.353 e. The Morgan fingerprint density at radius 1 is 1.03 bits per heavy atom. The zero-order valence-corrected chi connectivity index (χ0v) is 19.1. The van der Waals surface area contributed by atoms with E-state index in [-0.39, 0.29) is 17.5 Å². The monoisotopic (exact) mass is 475 g/mol. The lowest BCUT2D eigenvalue weighted by Crippen LogP contribution is -2.24. The number of fused-ring (bicyclic) bond motifs is 1. The summed E-state index contributed by atoms with van der Waals surface area (Å²) in [6.45, 7) is 3.73. The number of anilines is 1. The van der Waals surface area contributed by atoms with Crippen molar-refractivity contribution >= 4 is 23.2 Å². The largest absolute Gasteiger partial charge is 0.369 e. The number of rotatable bonds is 4. The molecule has 0 fully saturated rings. The molecule has 5 rings (SSSR count). The summed E-state index contributed by atoms with van der Waals surface area (Å²) in [6.07, 6.45) is 1.04. The van der Waals surface area contributed by atoms with Crippen molar-refractivity contribution in [2.24, 2.45) is 0 Å². The van der Waals surface area contributed by atoms with Crippen LogP contribution in [-0.4, -0.2) is 29.1 Å². The maximum atomic E-state index is 13.4. The van der Waals surface area contributed by atoms with Crippen LogP contribution in [0.2, 0.25) is 5.02 Å². The third-order valence-electron chi connectivity index (χ3n) is 5.36. The molecule has 0 saturated carbocycles. The van der Waals surface area contributed by atoms with E-state index in [1.165, 1.54) is 9.08 Å². The van der Waals surface area contributed by atoms with Crippen molar-refractivity contribution in [1.29, 1.82) is 0 Å². The van der Waals surface area contributed by atoms with Crippen molar-refractivity contribution in [1.82, 2.24) is 29.1 Å². The van der Waals surface area contributed by atoms with E-state index in [0.717, 1.165) is 34.8 Å². The van der Waals surface area contributed by atoms with Gasteiger partial charge in [0.25, 0.3) is 0 Å². The van der Waals surface area contributed by atoms with E-state index < -0.39 is 11.5 Å². The molecule has 0 bridgehead atoms. The van der Waals surface area contributed by atoms with Crippen molar-refractivity contribution in [3.8, 4) is 22.4 Å². The Balaban J connectivity index is 1.81. The lowest BCUT2D eigenvalue weighted by molar-refractivity contribution is 0.609. The predicted molar refractivity (Wildman–Crippen MR) is 128 cm³/mol. The zero-order valence-electron chi connectivity index (χ0n) is 18.3. The van der Waals surface area contributed by atoms with Crippen molar-refractivity contribution < 1.29 is 4.39 Å². The fourth-order valence-corrected chi connectivity index (χ4v) is 4.17. The summed E-state index contributed by atoms with van der Waals surface area (Å²) in [4.78, 5) is 26.3. The number of nitrogens with two attached hydrogens (primary N) is 1. The second kappa shape index (κ2) is 8.35. The summed E-state index contributed by atoms with van der Waals surface area (Å²) < 4.78 is 15.9. The highest BCUT2D eigenvalue weighted by Gasteiger charge is 2.22. The van der Waals surface area contributed by atoms with E-state index in [4.69, 9.17) is 17.3 Å². The summed E-state index contributed by atoms with van der Waals surface area (Å²) in [5.41, 5.74) is 10.9. The minimum absolute atomic E-state index is 0.00508. The minimum Gasteiger partial charge on any atom is -0.369 e. The molecular formula is C24H19ClFN7O. The maximum absolute atomic E-state index is 13.4. The van der Waals surface area contributed by atoms with Gasteiger partial charge < -0.3 is 5.73 Å². The van der Waals surface area contributed by atoms with Gasteiger partial charge in [-0.15, -0.1) is 5.10 Å². The molecule has 0 amide bonds. The first-order valence-corrected chi connectivity index (χ1v) is 10.8. The first kappa shape index (κ1) is 21.7. The van der Waals surface area contributed by atoms with E-state index in [9.17, 15) is 9.18 Å². The topological polar surface area (TPSA) is 104 Å². The number of hydrogen-bond donors (Lipinski definition) is 1. The van der Waals surface area contributed by atoms with Gasteiger partial charge in [-0.05, 0) is 37.6 Å². The van der Waals surface area contributed by atoms with Crippen LogP contribution >= 0.6 is 11.6 Å². The van der Waals surface area contributed by atoms with Crippen molar-refractivity contribution in [2.75, 3.05) is 5.73 Å². The highest BCUT2D eigenvalue weighted by atomic mass is 35.5. The van der Waals surface area contributed by atoms with Crippen LogP contribution in [0.25, 0.3) is 28.0 Å². The van der Waals surface area contributed by atoms with Crippen molar-refractivity contribution in [3.05, 3.63) is 93.1 Å². The molecular weight excluding hydrogens is 457 g/mol. The Bertz CT molecular complexity index is 1590. The summed E-state index contributed by atoms with van der Waals surface area (Å²) >= 11 is 6.13. The molecule has 0 unspecified atom stereocenters. The van der Waals surface area contributed by atoms with Crippen LogP contribution in [0.1, 0.15) is 17.1 Å². The molecule has 0 aliphatic carbocycles. The van der Waals surface area contributed by atoms with E-state index in [0.29, 0.717) is 22.6 Å². The first-order chi connectivity index (χ1) is 16.3. The van der Waals surface area contributed by atoms with Crippen LogP contribution in [0, 0.1) is 19.7 Å². The molecule has 8 nitrogen and oxygen atoms in total. The second-order valence-corrected chi connectivity index (χ2v) is 8.29. The lowest BCUT2D eigenvalue weighted by Gasteiger charge is -2.13. The molecule has 0 aliphatic heterocycles. The number of nitrogens with zero attached hydrogens (tertiary/aromatic N) is 6. The molecule has 170 valence electrons. The predicted octanol–water partition coefficient (Wildman–Crippen LogP) is 4.05. The molecule has 0 spiro atoms. The van der Waals surface area contributed by atoms with Crippen LogP contribution in [0.3, 0.4) is 0 Å². The Kier molecular flexibility index (Phi) is 5.33. The van der Waals surface area contributed by atoms with Gasteiger partial charge in [0.2, 0.25) is 5.95 Å². The summed E-state index contributed by atoms with van der Waals surface area (Å²) in [5.74, 6) is -0.572. The minimum atomic E-state index is -0.567. The standard InChI is InChI=1S/C24H19ClFN7O/c1-13-8-16(9-14(2)29-13)20-21(15-6-4-3-5-7-15)30-23(27)33-22(20)31-32(24(33)34)12-19-18(25)10-17(26)11-28-19/h3-11H,12H2,1-2H3,(H2,27,30). The first-order valence-electron chi connectivity index (χ1n) is 10.4. The van der Waals surface area contributed by atoms with Gasteiger partial charge in [0.1, 0.15) is 5.82 Å². The number of aryl methyl sites for hydroxylation is 2. The molecule has 2 N–H and O–H groups in total. The maximum Gasteiger partial charge on any atom is 0.353 e. The van der Waals surface area contributed by atoms with Crippen molar-refractivity contribution in [2.45, 2.75) is 20.4 Å². The number of halogens is 2. The zero-order chi connectivity index (χ0) is 24.0. The summed E-state index contributed by atoms with van der Waals surface area (Å²) in [7, 11) is 0. The molecule has 0 atom stereocenters. The number of aromatic nitrogens is 6. The van der Waals surface area contributed by atoms with Crippen LogP contribution in [0.15, 0.2) is 59.5 Å². The molecule has 0 radical (unpaired) electrons. The van der Waals surface area contributed by atoms with Gasteiger partial charge in [0.05, 0.1) is 34.7 Å². The quantitative estimate of drug-likeness (QED) is 0.420. The van der Waals surface area contributed by atoms with Gasteiger partial charge in [-0.1, -0.05) is 41.9 Å². The molecule has 4 heterocycles. The second-order valence-electron chi connectivity index (χ2n) is 7.88. The van der Waals surface area contributed by atoms with Gasteiger partial charge >= 0.3 is 5.69 Å². The molecule has 10 heteroatoms. The van der Waals surface area contributed by atoms with Crippen LogP contribution in [0.5, 0.6) is 0 Å². The van der Waals surface area contributed by atoms with E-state index in [1.807, 2.05) is 56.3 Å². The van der Waals surface area contributed by atoms with Crippen LogP contribution in [0.4, 0.5) is 10.3 Å². The number of pyridine rings is 2. The van der Waals surface area contributed by atoms with Gasteiger partial charge in [0, 0.05) is 17.0 Å². The average molecular weight is 476 g/mol. The van der Waals surface area contributed by atoms with Crippen LogP contribution in [-0.2, 0) is 6.54 Å². The van der Waals surface area contributed by atoms with Gasteiger partial charge in [-0.3, -0.25) is 9.97 Å². The Labute approximate surface area is 198 Å². The highest BCUT2D eigenvalue weighted by molar-refractivity contribution is 6.31. The molecule has 0 aliphatic rings. The highest BCUT2D eigenvalue weighted by Crippen LogP contribution is 2.34. The Morgan fingerprint density at radius 3 is 2.41 bits per heavy atom. The third-order valence-corrected chi connectivity index (χ3v) is 5.68. The molecule has 34 heavy (non-hydrogen) atoms. The number of nitrogen functional groups attached to an aromatic ring is 1. The van der Waals surface area contributed by atoms with E-state index >= 15 is 0 Å². The van der Waals surface area contributed by atoms with Crippen LogP contribution < -0.4 is 11.4 Å². The summed E-state index contributed by atoms with van der Waals surface area (Å²) in [6, 6.07) is 14.5. The fraction of sp³-hybridized carbons (Fsp3) is 0.125. The number of hydrogen-bond acceptors (Lipinski definition) is 6. The normalized spacial score (nSPS) is 11.3. The van der Waals surface area contributed by atoms with Gasteiger partial charge in [0.15, 0.2) is 5.65 Å². The molecule has 4 aromatic heterocycles. The van der Waals surface area contributed by atoms with Gasteiger partial charge in [-0.25, -0.2) is 23.3 Å². The average Bonchev–Trinajstić information content (AvgIpc) is 3.11. The molecule has 5 aromatic rings. The Hall–Kier alpha value is -4.11. The van der Waals surface area contributed by atoms with Gasteiger partial charge in [-0.2, -0.15) is 0 Å². The summed E-state index contributed by atoms with van der Waals surface area (Å²) in [5, 5.41) is 4.69. The van der Waals surface area contributed by atoms with Crippen molar-refractivity contribution in [3.63, 3.8) is 0 Å².